The average Bonchev–Trinajstić information content (AvgIpc) is 2.91. The smallest absolute Gasteiger partial charge is 0.336 e. The first-order valence-corrected chi connectivity index (χ1v) is 9.56. The third kappa shape index (κ3) is 3.16. The Morgan fingerprint density at radius 3 is 2.64 bits per heavy atom. The van der Waals surface area contributed by atoms with Crippen molar-refractivity contribution in [3.63, 3.8) is 0 Å². The number of hydrogen-bond donors (Lipinski definition) is 1. The van der Waals surface area contributed by atoms with E-state index in [0.29, 0.717) is 12.0 Å². The fraction of sp³-hybridized carbons (Fsp3) is 0.789. The summed E-state index contributed by atoms with van der Waals surface area (Å²) >= 11 is 0. The van der Waals surface area contributed by atoms with Crippen LogP contribution in [0.5, 0.6) is 0 Å². The first kappa shape index (κ1) is 18.2. The highest BCUT2D eigenvalue weighted by atomic mass is 16.5. The van der Waals surface area contributed by atoms with Crippen molar-refractivity contribution in [2.45, 2.75) is 64.0 Å². The summed E-state index contributed by atoms with van der Waals surface area (Å²) < 4.78 is 10.4. The minimum absolute atomic E-state index is 0.170. The Kier molecular flexibility index (Phi) is 5.37. The summed E-state index contributed by atoms with van der Waals surface area (Å²) in [6, 6.07) is -0.432. The number of hydrogen-bond acceptors (Lipinski definition) is 6. The molecule has 140 valence electrons. The molecule has 0 aromatic heterocycles. The molecule has 3 rings (SSSR count). The highest BCUT2D eigenvalue weighted by Gasteiger charge is 2.58. The number of ether oxygens (including phenoxy) is 2. The molecule has 2 fully saturated rings. The average molecular weight is 351 g/mol. The van der Waals surface area contributed by atoms with Gasteiger partial charge in [0.05, 0.1) is 30.4 Å². The molecule has 0 bridgehead atoms. The standard InChI is InChI=1S/C19H29NO5/c1-3-24-17(21)14-12-20-11-7-9-13-8-5-6-10-19(13,23)16(20)15(14)18(22)25-4-2/h12-13,15-16,23H,3-11H2,1-2H3/t13-,15-,16-,19+/m1/s1. The van der Waals surface area contributed by atoms with Gasteiger partial charge in [-0.3, -0.25) is 4.79 Å². The third-order valence-corrected chi connectivity index (χ3v) is 5.93. The molecule has 0 spiro atoms. The van der Waals surface area contributed by atoms with Crippen molar-refractivity contribution in [2.75, 3.05) is 19.8 Å². The second-order valence-electron chi connectivity index (χ2n) is 7.29. The van der Waals surface area contributed by atoms with Crippen molar-refractivity contribution in [3.05, 3.63) is 11.8 Å². The SMILES string of the molecule is CCOC(=O)C1=CN2CCC[C@H]3CCCC[C@@]3(O)[C@H]2[C@@H]1C(=O)OCC. The van der Waals surface area contributed by atoms with Crippen molar-refractivity contribution in [2.24, 2.45) is 11.8 Å². The molecule has 6 nitrogen and oxygen atoms in total. The number of carbonyl (C=O) groups excluding carboxylic acids is 2. The highest BCUT2D eigenvalue weighted by Crippen LogP contribution is 2.48. The van der Waals surface area contributed by atoms with Crippen LogP contribution in [0, 0.1) is 11.8 Å². The highest BCUT2D eigenvalue weighted by molar-refractivity contribution is 5.97. The van der Waals surface area contributed by atoms with Crippen molar-refractivity contribution in [3.8, 4) is 0 Å². The predicted octanol–water partition coefficient (Wildman–Crippen LogP) is 2.01. The van der Waals surface area contributed by atoms with Crippen molar-refractivity contribution >= 4 is 11.9 Å². The summed E-state index contributed by atoms with van der Waals surface area (Å²) in [5.41, 5.74) is -0.637. The topological polar surface area (TPSA) is 76.1 Å². The van der Waals surface area contributed by atoms with E-state index >= 15 is 0 Å². The molecule has 25 heavy (non-hydrogen) atoms. The van der Waals surface area contributed by atoms with E-state index in [-0.39, 0.29) is 19.1 Å². The van der Waals surface area contributed by atoms with Crippen molar-refractivity contribution < 1.29 is 24.2 Å². The Labute approximate surface area is 149 Å². The maximum atomic E-state index is 12.7. The second-order valence-corrected chi connectivity index (χ2v) is 7.29. The molecular weight excluding hydrogens is 322 g/mol. The lowest BCUT2D eigenvalue weighted by Gasteiger charge is -2.46. The molecule has 0 unspecified atom stereocenters. The van der Waals surface area contributed by atoms with Crippen LogP contribution >= 0.6 is 0 Å². The number of rotatable bonds is 4. The van der Waals surface area contributed by atoms with E-state index in [0.717, 1.165) is 38.6 Å². The van der Waals surface area contributed by atoms with Crippen LogP contribution in [0.3, 0.4) is 0 Å². The second kappa shape index (κ2) is 7.36. The molecule has 0 aromatic rings. The van der Waals surface area contributed by atoms with Crippen LogP contribution in [0.1, 0.15) is 52.4 Å². The number of nitrogens with zero attached hydrogens (tertiary/aromatic N) is 1. The Bertz CT molecular complexity index is 560. The molecule has 1 saturated heterocycles. The third-order valence-electron chi connectivity index (χ3n) is 5.93. The molecule has 2 aliphatic heterocycles. The molecule has 1 saturated carbocycles. The minimum Gasteiger partial charge on any atom is -0.465 e. The Hall–Kier alpha value is -1.56. The fourth-order valence-corrected chi connectivity index (χ4v) is 4.92. The van der Waals surface area contributed by atoms with Gasteiger partial charge >= 0.3 is 11.9 Å². The lowest BCUT2D eigenvalue weighted by atomic mass is 9.67. The van der Waals surface area contributed by atoms with Crippen LogP contribution < -0.4 is 0 Å². The summed E-state index contributed by atoms with van der Waals surface area (Å²) in [5, 5.41) is 11.6. The van der Waals surface area contributed by atoms with E-state index in [4.69, 9.17) is 9.47 Å². The van der Waals surface area contributed by atoms with Gasteiger partial charge in [0.2, 0.25) is 0 Å². The number of carbonyl (C=O) groups is 2. The summed E-state index contributed by atoms with van der Waals surface area (Å²) in [6.07, 6.45) is 7.35. The summed E-state index contributed by atoms with van der Waals surface area (Å²) in [4.78, 5) is 27.2. The van der Waals surface area contributed by atoms with E-state index in [1.165, 1.54) is 0 Å². The van der Waals surface area contributed by atoms with Gasteiger partial charge in [0, 0.05) is 12.7 Å². The van der Waals surface area contributed by atoms with Crippen LogP contribution in [0.4, 0.5) is 0 Å². The van der Waals surface area contributed by atoms with Gasteiger partial charge < -0.3 is 19.5 Å². The summed E-state index contributed by atoms with van der Waals surface area (Å²) in [7, 11) is 0. The molecule has 2 heterocycles. The van der Waals surface area contributed by atoms with Crippen molar-refractivity contribution in [1.29, 1.82) is 0 Å². The van der Waals surface area contributed by atoms with E-state index in [1.54, 1.807) is 20.0 Å². The van der Waals surface area contributed by atoms with Crippen LogP contribution in [0.25, 0.3) is 0 Å². The molecule has 3 aliphatic rings. The fourth-order valence-electron chi connectivity index (χ4n) is 4.92. The van der Waals surface area contributed by atoms with Gasteiger partial charge in [-0.2, -0.15) is 0 Å². The maximum Gasteiger partial charge on any atom is 0.336 e. The van der Waals surface area contributed by atoms with Gasteiger partial charge in [0.15, 0.2) is 0 Å². The van der Waals surface area contributed by atoms with E-state index in [1.807, 2.05) is 4.90 Å². The monoisotopic (exact) mass is 351 g/mol. The normalized spacial score (nSPS) is 34.4. The van der Waals surface area contributed by atoms with Gasteiger partial charge in [-0.15, -0.1) is 0 Å². The zero-order chi connectivity index (χ0) is 18.0. The molecule has 4 atom stereocenters. The molecular formula is C19H29NO5. The lowest BCUT2D eigenvalue weighted by molar-refractivity contribution is -0.158. The van der Waals surface area contributed by atoms with Gasteiger partial charge in [-0.25, -0.2) is 4.79 Å². The van der Waals surface area contributed by atoms with Crippen LogP contribution in [-0.4, -0.2) is 53.3 Å². The first-order chi connectivity index (χ1) is 12.0. The van der Waals surface area contributed by atoms with Gasteiger partial charge in [0.1, 0.15) is 5.92 Å². The van der Waals surface area contributed by atoms with E-state index < -0.39 is 29.5 Å². The molecule has 6 heteroatoms. The summed E-state index contributed by atoms with van der Waals surface area (Å²) in [5.74, 6) is -1.52. The number of fused-ring (bicyclic) bond motifs is 3. The number of aliphatic hydroxyl groups is 1. The Morgan fingerprint density at radius 1 is 1.20 bits per heavy atom. The Morgan fingerprint density at radius 2 is 1.92 bits per heavy atom. The quantitative estimate of drug-likeness (QED) is 0.781. The summed E-state index contributed by atoms with van der Waals surface area (Å²) in [6.45, 7) is 4.74. The molecule has 0 amide bonds. The maximum absolute atomic E-state index is 12.7. The molecule has 1 N–H and O–H groups in total. The number of esters is 2. The molecule has 0 aromatic carbocycles. The lowest BCUT2D eigenvalue weighted by Crippen LogP contribution is -2.58. The minimum atomic E-state index is -0.961. The van der Waals surface area contributed by atoms with Crippen molar-refractivity contribution in [1.82, 2.24) is 4.90 Å². The first-order valence-electron chi connectivity index (χ1n) is 9.56. The Balaban J connectivity index is 1.99. The van der Waals surface area contributed by atoms with Crippen LogP contribution in [0.2, 0.25) is 0 Å². The van der Waals surface area contributed by atoms with Crippen LogP contribution in [-0.2, 0) is 19.1 Å². The predicted molar refractivity (Wildman–Crippen MR) is 91.5 cm³/mol. The van der Waals surface area contributed by atoms with Gasteiger partial charge in [0.25, 0.3) is 0 Å². The van der Waals surface area contributed by atoms with Crippen LogP contribution in [0.15, 0.2) is 11.8 Å². The zero-order valence-corrected chi connectivity index (χ0v) is 15.2. The van der Waals surface area contributed by atoms with E-state index in [9.17, 15) is 14.7 Å². The largest absolute Gasteiger partial charge is 0.465 e. The zero-order valence-electron chi connectivity index (χ0n) is 15.2. The van der Waals surface area contributed by atoms with Gasteiger partial charge in [-0.05, 0) is 45.4 Å². The van der Waals surface area contributed by atoms with Gasteiger partial charge in [-0.1, -0.05) is 12.8 Å². The molecule has 1 aliphatic carbocycles. The molecule has 0 radical (unpaired) electrons. The van der Waals surface area contributed by atoms with E-state index in [2.05, 4.69) is 0 Å².